The normalized spacial score (nSPS) is 27.9. The van der Waals surface area contributed by atoms with Gasteiger partial charge in [-0.1, -0.05) is 43.2 Å². The lowest BCUT2D eigenvalue weighted by Gasteiger charge is -2.32. The van der Waals surface area contributed by atoms with Crippen molar-refractivity contribution in [1.82, 2.24) is 15.5 Å². The summed E-state index contributed by atoms with van der Waals surface area (Å²) in [6.07, 6.45) is 8.66. The van der Waals surface area contributed by atoms with E-state index in [2.05, 4.69) is 45.9 Å². The molecule has 2 saturated heterocycles. The van der Waals surface area contributed by atoms with Crippen LogP contribution in [0.15, 0.2) is 30.3 Å². The van der Waals surface area contributed by atoms with Gasteiger partial charge in [0.1, 0.15) is 0 Å². The van der Waals surface area contributed by atoms with E-state index < -0.39 is 0 Å². The van der Waals surface area contributed by atoms with Gasteiger partial charge in [0.05, 0.1) is 6.04 Å². The van der Waals surface area contributed by atoms with Crippen LogP contribution in [-0.4, -0.2) is 42.5 Å². The number of nitrogens with zero attached hydrogens (tertiary/aromatic N) is 1. The minimum Gasteiger partial charge on any atom is -0.354 e. The first-order valence-corrected chi connectivity index (χ1v) is 10.6. The van der Waals surface area contributed by atoms with Crippen LogP contribution < -0.4 is 10.6 Å². The standard InChI is InChI=1S/C22H33N3O.2ClH/c26-22(21-14-19-8-4-5-9-20(19)24-21)23-15-17-10-12-25(13-11-17)16-18-6-2-1-3-7-18;;/h1-3,6-7,17,19-21,24H,4-5,8-16H2,(H,23,26);2*1H. The van der Waals surface area contributed by atoms with E-state index in [4.69, 9.17) is 0 Å². The molecule has 3 aliphatic rings. The van der Waals surface area contributed by atoms with Gasteiger partial charge in [-0.05, 0) is 62.6 Å². The number of likely N-dealkylation sites (tertiary alicyclic amines) is 1. The zero-order chi connectivity index (χ0) is 17.8. The lowest BCUT2D eigenvalue weighted by molar-refractivity contribution is -0.123. The molecule has 1 amide bonds. The Bertz CT molecular complexity index is 579. The van der Waals surface area contributed by atoms with Crippen LogP contribution in [0.3, 0.4) is 0 Å². The molecule has 3 atom stereocenters. The SMILES string of the molecule is Cl.Cl.O=C(NCC1CCN(Cc2ccccc2)CC1)C1CC2CCCCC2N1. The van der Waals surface area contributed by atoms with E-state index in [1.165, 1.54) is 44.1 Å². The molecule has 0 radical (unpaired) electrons. The van der Waals surface area contributed by atoms with Crippen molar-refractivity contribution in [3.63, 3.8) is 0 Å². The number of piperidine rings is 1. The Kier molecular flexibility index (Phi) is 9.55. The molecule has 6 heteroatoms. The third kappa shape index (κ3) is 6.09. The molecule has 1 saturated carbocycles. The first kappa shape index (κ1) is 23.5. The predicted molar refractivity (Wildman–Crippen MR) is 119 cm³/mol. The molecule has 0 bridgehead atoms. The second-order valence-corrected chi connectivity index (χ2v) is 8.56. The molecule has 2 aliphatic heterocycles. The van der Waals surface area contributed by atoms with Gasteiger partial charge in [0.25, 0.3) is 0 Å². The highest BCUT2D eigenvalue weighted by Gasteiger charge is 2.38. The molecule has 4 rings (SSSR count). The monoisotopic (exact) mass is 427 g/mol. The van der Waals surface area contributed by atoms with Crippen LogP contribution >= 0.6 is 24.8 Å². The van der Waals surface area contributed by atoms with E-state index in [0.29, 0.717) is 12.0 Å². The number of carbonyl (C=O) groups is 1. The fraction of sp³-hybridized carbons (Fsp3) is 0.682. The van der Waals surface area contributed by atoms with E-state index in [0.717, 1.165) is 38.5 Å². The Balaban J connectivity index is 0.00000140. The maximum atomic E-state index is 12.6. The van der Waals surface area contributed by atoms with Gasteiger partial charge < -0.3 is 10.6 Å². The maximum Gasteiger partial charge on any atom is 0.237 e. The van der Waals surface area contributed by atoms with E-state index in [1.807, 2.05) is 0 Å². The highest BCUT2D eigenvalue weighted by molar-refractivity contribution is 5.85. The van der Waals surface area contributed by atoms with Crippen molar-refractivity contribution in [2.24, 2.45) is 11.8 Å². The molecule has 3 fully saturated rings. The average Bonchev–Trinajstić information content (AvgIpc) is 3.12. The van der Waals surface area contributed by atoms with E-state index in [1.54, 1.807) is 0 Å². The van der Waals surface area contributed by atoms with E-state index in [9.17, 15) is 4.79 Å². The molecule has 2 N–H and O–H groups in total. The summed E-state index contributed by atoms with van der Waals surface area (Å²) in [7, 11) is 0. The summed E-state index contributed by atoms with van der Waals surface area (Å²) in [6.45, 7) is 4.18. The van der Waals surface area contributed by atoms with E-state index >= 15 is 0 Å². The minimum absolute atomic E-state index is 0. The molecule has 158 valence electrons. The van der Waals surface area contributed by atoms with Crippen molar-refractivity contribution in [3.8, 4) is 0 Å². The molecule has 4 nitrogen and oxygen atoms in total. The molecule has 1 aromatic rings. The molecule has 0 aromatic heterocycles. The number of rotatable bonds is 5. The van der Waals surface area contributed by atoms with Crippen LogP contribution in [-0.2, 0) is 11.3 Å². The summed E-state index contributed by atoms with van der Waals surface area (Å²) in [5.74, 6) is 1.61. The molecule has 2 heterocycles. The van der Waals surface area contributed by atoms with Gasteiger partial charge >= 0.3 is 0 Å². The zero-order valence-electron chi connectivity index (χ0n) is 16.6. The van der Waals surface area contributed by atoms with Crippen molar-refractivity contribution in [2.75, 3.05) is 19.6 Å². The quantitative estimate of drug-likeness (QED) is 0.750. The van der Waals surface area contributed by atoms with Crippen LogP contribution in [0.5, 0.6) is 0 Å². The van der Waals surface area contributed by atoms with Gasteiger partial charge in [-0.25, -0.2) is 0 Å². The molecule has 3 unspecified atom stereocenters. The summed E-state index contributed by atoms with van der Waals surface area (Å²) in [4.78, 5) is 15.1. The molecular weight excluding hydrogens is 393 g/mol. The summed E-state index contributed by atoms with van der Waals surface area (Å²) < 4.78 is 0. The highest BCUT2D eigenvalue weighted by atomic mass is 35.5. The summed E-state index contributed by atoms with van der Waals surface area (Å²) >= 11 is 0. The van der Waals surface area contributed by atoms with Crippen molar-refractivity contribution >= 4 is 30.7 Å². The zero-order valence-corrected chi connectivity index (χ0v) is 18.3. The van der Waals surface area contributed by atoms with Gasteiger partial charge in [0.15, 0.2) is 0 Å². The van der Waals surface area contributed by atoms with E-state index in [-0.39, 0.29) is 36.8 Å². The van der Waals surface area contributed by atoms with Crippen LogP contribution in [0.1, 0.15) is 50.5 Å². The number of benzene rings is 1. The topological polar surface area (TPSA) is 44.4 Å². The second kappa shape index (κ2) is 11.4. The smallest absolute Gasteiger partial charge is 0.237 e. The number of amides is 1. The fourth-order valence-corrected chi connectivity index (χ4v) is 5.08. The predicted octanol–water partition coefficient (Wildman–Crippen LogP) is 3.78. The number of carbonyl (C=O) groups excluding carboxylic acids is 1. The number of halogens is 2. The maximum absolute atomic E-state index is 12.6. The van der Waals surface area contributed by atoms with Crippen LogP contribution in [0.2, 0.25) is 0 Å². The van der Waals surface area contributed by atoms with Crippen molar-refractivity contribution < 1.29 is 4.79 Å². The van der Waals surface area contributed by atoms with Crippen molar-refractivity contribution in [2.45, 2.75) is 63.6 Å². The number of hydrogen-bond donors (Lipinski definition) is 2. The molecule has 0 spiro atoms. The summed E-state index contributed by atoms with van der Waals surface area (Å²) in [5.41, 5.74) is 1.40. The lowest BCUT2D eigenvalue weighted by atomic mass is 9.85. The third-order valence-electron chi connectivity index (χ3n) is 6.70. The Morgan fingerprint density at radius 1 is 1.04 bits per heavy atom. The molecule has 1 aromatic carbocycles. The molecule has 28 heavy (non-hydrogen) atoms. The van der Waals surface area contributed by atoms with Crippen LogP contribution in [0.4, 0.5) is 0 Å². The van der Waals surface area contributed by atoms with Gasteiger partial charge in [-0.15, -0.1) is 24.8 Å². The van der Waals surface area contributed by atoms with Gasteiger partial charge in [-0.3, -0.25) is 9.69 Å². The minimum atomic E-state index is 0. The largest absolute Gasteiger partial charge is 0.354 e. The second-order valence-electron chi connectivity index (χ2n) is 8.56. The fourth-order valence-electron chi connectivity index (χ4n) is 5.08. The Morgan fingerprint density at radius 3 is 2.46 bits per heavy atom. The van der Waals surface area contributed by atoms with Gasteiger partial charge in [-0.2, -0.15) is 0 Å². The van der Waals surface area contributed by atoms with Crippen LogP contribution in [0.25, 0.3) is 0 Å². The number of nitrogens with one attached hydrogen (secondary N) is 2. The summed E-state index contributed by atoms with van der Waals surface area (Å²) in [6, 6.07) is 11.4. The summed E-state index contributed by atoms with van der Waals surface area (Å²) in [5, 5.41) is 6.84. The lowest BCUT2D eigenvalue weighted by Crippen LogP contribution is -2.45. The Hall–Kier alpha value is -0.810. The molecular formula is C22H35Cl2N3O. The van der Waals surface area contributed by atoms with Gasteiger partial charge in [0, 0.05) is 19.1 Å². The first-order valence-electron chi connectivity index (χ1n) is 10.6. The molecule has 1 aliphatic carbocycles. The first-order chi connectivity index (χ1) is 12.8. The van der Waals surface area contributed by atoms with Crippen molar-refractivity contribution in [1.29, 1.82) is 0 Å². The van der Waals surface area contributed by atoms with Gasteiger partial charge in [0.2, 0.25) is 5.91 Å². The number of hydrogen-bond acceptors (Lipinski definition) is 3. The third-order valence-corrected chi connectivity index (χ3v) is 6.70. The van der Waals surface area contributed by atoms with Crippen molar-refractivity contribution in [3.05, 3.63) is 35.9 Å². The Labute approximate surface area is 182 Å². The van der Waals surface area contributed by atoms with Crippen LogP contribution in [0, 0.1) is 11.8 Å². The highest BCUT2D eigenvalue weighted by Crippen LogP contribution is 2.33. The average molecular weight is 428 g/mol. The number of fused-ring (bicyclic) bond motifs is 1. The Morgan fingerprint density at radius 2 is 1.75 bits per heavy atom.